The number of rotatable bonds is 6. The molecule has 120 valence electrons. The van der Waals surface area contributed by atoms with Crippen molar-refractivity contribution in [3.05, 3.63) is 28.7 Å². The molecule has 0 aliphatic carbocycles. The van der Waals surface area contributed by atoms with Crippen molar-refractivity contribution >= 4 is 29.0 Å². The molecule has 0 atom stereocenters. The predicted molar refractivity (Wildman–Crippen MR) is 90.3 cm³/mol. The molecule has 0 aromatic heterocycles. The van der Waals surface area contributed by atoms with Crippen molar-refractivity contribution < 1.29 is 19.1 Å². The Morgan fingerprint density at radius 3 is 2.65 bits per heavy atom. The van der Waals surface area contributed by atoms with Crippen molar-refractivity contribution in [2.24, 2.45) is 0 Å². The molecule has 0 radical (unpaired) electrons. The number of nitrogens with zero attached hydrogens (tertiary/aromatic N) is 1. The zero-order valence-electron chi connectivity index (χ0n) is 13.0. The van der Waals surface area contributed by atoms with Gasteiger partial charge in [0.15, 0.2) is 0 Å². The summed E-state index contributed by atoms with van der Waals surface area (Å²) >= 11 is 0.874. The van der Waals surface area contributed by atoms with Crippen LogP contribution in [0.3, 0.4) is 0 Å². The van der Waals surface area contributed by atoms with Crippen LogP contribution in [0.25, 0.3) is 6.08 Å². The lowest BCUT2D eigenvalue weighted by Crippen LogP contribution is -2.28. The van der Waals surface area contributed by atoms with E-state index in [4.69, 9.17) is 15.9 Å². The molecule has 1 saturated heterocycles. The summed E-state index contributed by atoms with van der Waals surface area (Å²) in [4.78, 5) is 25.4. The molecule has 1 aromatic rings. The average Bonchev–Trinajstić information content (AvgIpc) is 2.78. The zero-order chi connectivity index (χ0) is 16.8. The van der Waals surface area contributed by atoms with Crippen molar-refractivity contribution in [3.63, 3.8) is 0 Å². The van der Waals surface area contributed by atoms with E-state index in [0.717, 1.165) is 16.7 Å². The van der Waals surface area contributed by atoms with E-state index in [0.29, 0.717) is 35.2 Å². The second-order valence-electron chi connectivity index (χ2n) is 4.54. The molecule has 5 nitrogen and oxygen atoms in total. The Morgan fingerprint density at radius 1 is 1.26 bits per heavy atom. The smallest absolute Gasteiger partial charge is 0.294 e. The summed E-state index contributed by atoms with van der Waals surface area (Å²) in [6.07, 6.45) is 6.82. The van der Waals surface area contributed by atoms with E-state index in [1.807, 2.05) is 13.8 Å². The third-order valence-electron chi connectivity index (χ3n) is 3.01. The lowest BCUT2D eigenvalue weighted by Gasteiger charge is -2.11. The second kappa shape index (κ2) is 7.75. The quantitative estimate of drug-likeness (QED) is 0.592. The normalized spacial score (nSPS) is 15.9. The highest BCUT2D eigenvalue weighted by atomic mass is 32.2. The van der Waals surface area contributed by atoms with Gasteiger partial charge in [-0.3, -0.25) is 14.5 Å². The third kappa shape index (κ3) is 3.88. The summed E-state index contributed by atoms with van der Waals surface area (Å²) < 4.78 is 11.0. The molecule has 0 spiro atoms. The van der Waals surface area contributed by atoms with E-state index in [9.17, 15) is 9.59 Å². The Morgan fingerprint density at radius 2 is 2.00 bits per heavy atom. The van der Waals surface area contributed by atoms with Crippen molar-refractivity contribution in [1.29, 1.82) is 0 Å². The van der Waals surface area contributed by atoms with Gasteiger partial charge >= 0.3 is 0 Å². The van der Waals surface area contributed by atoms with Gasteiger partial charge in [0.25, 0.3) is 11.1 Å². The molecule has 0 saturated carbocycles. The molecule has 1 aromatic carbocycles. The van der Waals surface area contributed by atoms with Crippen molar-refractivity contribution in [3.8, 4) is 23.8 Å². The molecule has 0 unspecified atom stereocenters. The summed E-state index contributed by atoms with van der Waals surface area (Å²) in [7, 11) is 0. The van der Waals surface area contributed by atoms with Crippen molar-refractivity contribution in [2.45, 2.75) is 13.8 Å². The number of hydrogen-bond acceptors (Lipinski definition) is 5. The van der Waals surface area contributed by atoms with Crippen LogP contribution in [0.2, 0.25) is 0 Å². The molecule has 1 aliphatic heterocycles. The highest BCUT2D eigenvalue weighted by Crippen LogP contribution is 2.34. The molecule has 0 bridgehead atoms. The number of hydrogen-bond donors (Lipinski definition) is 0. The number of benzene rings is 1. The van der Waals surface area contributed by atoms with E-state index in [1.165, 1.54) is 0 Å². The summed E-state index contributed by atoms with van der Waals surface area (Å²) in [6.45, 7) is 4.78. The van der Waals surface area contributed by atoms with Crippen LogP contribution in [0.5, 0.6) is 11.5 Å². The first-order valence-electron chi connectivity index (χ1n) is 7.19. The number of ether oxygens (including phenoxy) is 2. The average molecular weight is 331 g/mol. The fourth-order valence-corrected chi connectivity index (χ4v) is 2.87. The first-order valence-corrected chi connectivity index (χ1v) is 8.00. The highest BCUT2D eigenvalue weighted by Gasteiger charge is 2.34. The first-order chi connectivity index (χ1) is 11.1. The van der Waals surface area contributed by atoms with Gasteiger partial charge < -0.3 is 9.47 Å². The molecule has 6 heteroatoms. The molecule has 1 heterocycles. The lowest BCUT2D eigenvalue weighted by molar-refractivity contribution is -0.122. The number of amides is 2. The van der Waals surface area contributed by atoms with Crippen LogP contribution >= 0.6 is 11.8 Å². The summed E-state index contributed by atoms with van der Waals surface area (Å²) in [6, 6.07) is 5.36. The maximum atomic E-state index is 12.2. The monoisotopic (exact) mass is 331 g/mol. The molecule has 2 amide bonds. The third-order valence-corrected chi connectivity index (χ3v) is 3.91. The van der Waals surface area contributed by atoms with Crippen LogP contribution in [-0.2, 0) is 4.79 Å². The first kappa shape index (κ1) is 17.0. The van der Waals surface area contributed by atoms with Crippen molar-refractivity contribution in [2.75, 3.05) is 19.8 Å². The molecule has 0 N–H and O–H groups in total. The Hall–Kier alpha value is -2.39. The van der Waals surface area contributed by atoms with Crippen LogP contribution in [0.15, 0.2) is 23.1 Å². The van der Waals surface area contributed by atoms with E-state index >= 15 is 0 Å². The maximum absolute atomic E-state index is 12.2. The number of imide groups is 1. The van der Waals surface area contributed by atoms with Crippen LogP contribution in [0, 0.1) is 12.3 Å². The Kier molecular flexibility index (Phi) is 5.72. The molecule has 2 rings (SSSR count). The van der Waals surface area contributed by atoms with E-state index < -0.39 is 0 Å². The topological polar surface area (TPSA) is 55.8 Å². The standard InChI is InChI=1S/C17H17NO4S/c1-4-9-18-16(19)15(23-17(18)20)10-12-7-8-13(21-5-2)11-14(12)22-6-3/h1,7-8,10-11H,5-6,9H2,2-3H3/b15-10-. The van der Waals surface area contributed by atoms with Crippen LogP contribution < -0.4 is 9.47 Å². The SMILES string of the molecule is C#CCN1C(=O)S/C(=C\c2ccc(OCC)cc2OCC)C1=O. The fourth-order valence-electron chi connectivity index (χ4n) is 2.04. The summed E-state index contributed by atoms with van der Waals surface area (Å²) in [5.41, 5.74) is 0.710. The molecule has 1 aliphatic rings. The van der Waals surface area contributed by atoms with Crippen LogP contribution in [-0.4, -0.2) is 35.8 Å². The maximum Gasteiger partial charge on any atom is 0.294 e. The summed E-state index contributed by atoms with van der Waals surface area (Å²) in [5.74, 6) is 3.22. The van der Waals surface area contributed by atoms with Crippen molar-refractivity contribution in [1.82, 2.24) is 4.90 Å². The minimum atomic E-state index is -0.380. The Bertz CT molecular complexity index is 690. The number of thioether (sulfide) groups is 1. The van der Waals surface area contributed by atoms with Gasteiger partial charge in [0, 0.05) is 11.6 Å². The molecule has 23 heavy (non-hydrogen) atoms. The van der Waals surface area contributed by atoms with Gasteiger partial charge in [-0.15, -0.1) is 6.42 Å². The second-order valence-corrected chi connectivity index (χ2v) is 5.53. The van der Waals surface area contributed by atoms with Gasteiger partial charge in [-0.05, 0) is 43.8 Å². The van der Waals surface area contributed by atoms with Gasteiger partial charge in [0.2, 0.25) is 0 Å². The summed E-state index contributed by atoms with van der Waals surface area (Å²) in [5, 5.41) is -0.358. The van der Waals surface area contributed by atoms with E-state index in [-0.39, 0.29) is 17.7 Å². The molecular formula is C17H17NO4S. The highest BCUT2D eigenvalue weighted by molar-refractivity contribution is 8.18. The Balaban J connectivity index is 2.33. The number of terminal acetylenes is 1. The van der Waals surface area contributed by atoms with Gasteiger partial charge in [0.1, 0.15) is 11.5 Å². The predicted octanol–water partition coefficient (Wildman–Crippen LogP) is 3.15. The largest absolute Gasteiger partial charge is 0.494 e. The van der Waals surface area contributed by atoms with Gasteiger partial charge in [-0.1, -0.05) is 5.92 Å². The zero-order valence-corrected chi connectivity index (χ0v) is 13.8. The van der Waals surface area contributed by atoms with E-state index in [2.05, 4.69) is 5.92 Å². The number of carbonyl (C=O) groups excluding carboxylic acids is 2. The molecule has 1 fully saturated rings. The number of carbonyl (C=O) groups is 2. The van der Waals surface area contributed by atoms with Gasteiger partial charge in [-0.25, -0.2) is 0 Å². The van der Waals surface area contributed by atoms with Crippen LogP contribution in [0.4, 0.5) is 4.79 Å². The minimum Gasteiger partial charge on any atom is -0.494 e. The van der Waals surface area contributed by atoms with Gasteiger partial charge in [0.05, 0.1) is 24.7 Å². The van der Waals surface area contributed by atoms with E-state index in [1.54, 1.807) is 24.3 Å². The lowest BCUT2D eigenvalue weighted by atomic mass is 10.1. The minimum absolute atomic E-state index is 0.0242. The molecular weight excluding hydrogens is 314 g/mol. The Labute approximate surface area is 139 Å². The van der Waals surface area contributed by atoms with Gasteiger partial charge in [-0.2, -0.15) is 0 Å². The fraction of sp³-hybridized carbons (Fsp3) is 0.294. The van der Waals surface area contributed by atoms with Crippen LogP contribution in [0.1, 0.15) is 19.4 Å².